The minimum Gasteiger partial charge on any atom is -0.206 e. The van der Waals surface area contributed by atoms with Crippen molar-refractivity contribution in [3.05, 3.63) is 92.7 Å². The summed E-state index contributed by atoms with van der Waals surface area (Å²) in [5.74, 6) is -0.178. The summed E-state index contributed by atoms with van der Waals surface area (Å²) in [4.78, 5) is 0. The van der Waals surface area contributed by atoms with Crippen LogP contribution in [-0.4, -0.2) is 0 Å². The number of rotatable bonds is 1. The van der Waals surface area contributed by atoms with Crippen LogP contribution < -0.4 is 0 Å². The van der Waals surface area contributed by atoms with Gasteiger partial charge in [-0.1, -0.05) is 90.1 Å². The van der Waals surface area contributed by atoms with Crippen LogP contribution in [0.3, 0.4) is 0 Å². The zero-order chi connectivity index (χ0) is 21.1. The summed E-state index contributed by atoms with van der Waals surface area (Å²) >= 11 is 3.51. The van der Waals surface area contributed by atoms with Gasteiger partial charge in [0, 0.05) is 5.92 Å². The van der Waals surface area contributed by atoms with Crippen LogP contribution >= 0.6 is 15.9 Å². The predicted octanol–water partition coefficient (Wildman–Crippen LogP) is 8.34. The van der Waals surface area contributed by atoms with Crippen LogP contribution in [0.25, 0.3) is 11.1 Å². The molecule has 0 bridgehead atoms. The van der Waals surface area contributed by atoms with E-state index in [2.05, 4.69) is 93.9 Å². The molecule has 0 aliphatic heterocycles. The highest BCUT2D eigenvalue weighted by Crippen LogP contribution is 2.51. The molecule has 29 heavy (non-hydrogen) atoms. The van der Waals surface area contributed by atoms with Crippen molar-refractivity contribution < 1.29 is 4.39 Å². The van der Waals surface area contributed by atoms with Crippen LogP contribution in [0.2, 0.25) is 0 Å². The Morgan fingerprint density at radius 2 is 1.17 bits per heavy atom. The molecule has 0 aromatic heterocycles. The first-order chi connectivity index (χ1) is 13.5. The maximum Gasteiger partial charge on any atom is 0.137 e. The number of halogens is 2. The van der Waals surface area contributed by atoms with Gasteiger partial charge in [0.05, 0.1) is 4.47 Å². The molecule has 0 nitrogen and oxygen atoms in total. The van der Waals surface area contributed by atoms with E-state index in [9.17, 15) is 4.39 Å². The quantitative estimate of drug-likeness (QED) is 0.273. The number of hydrogen-bond donors (Lipinski definition) is 0. The van der Waals surface area contributed by atoms with E-state index in [0.29, 0.717) is 4.47 Å². The third-order valence-electron chi connectivity index (χ3n) is 6.04. The lowest BCUT2D eigenvalue weighted by atomic mass is 9.83. The Labute approximate surface area is 182 Å². The predicted molar refractivity (Wildman–Crippen MR) is 124 cm³/mol. The first-order valence-electron chi connectivity index (χ1n) is 10.2. The van der Waals surface area contributed by atoms with Crippen molar-refractivity contribution >= 4 is 15.9 Å². The average molecular weight is 451 g/mol. The van der Waals surface area contributed by atoms with Gasteiger partial charge in [0.15, 0.2) is 0 Å². The summed E-state index contributed by atoms with van der Waals surface area (Å²) in [5, 5.41) is 0. The topological polar surface area (TPSA) is 0 Å². The van der Waals surface area contributed by atoms with Gasteiger partial charge < -0.3 is 0 Å². The fraction of sp³-hybridized carbons (Fsp3) is 0.333. The van der Waals surface area contributed by atoms with E-state index in [4.69, 9.17) is 0 Å². The average Bonchev–Trinajstić information content (AvgIpc) is 2.95. The Balaban J connectivity index is 2.01. The van der Waals surface area contributed by atoms with Gasteiger partial charge in [-0.15, -0.1) is 0 Å². The monoisotopic (exact) mass is 450 g/mol. The molecule has 1 aliphatic rings. The van der Waals surface area contributed by atoms with Crippen LogP contribution in [0.5, 0.6) is 0 Å². The van der Waals surface area contributed by atoms with Gasteiger partial charge in [0.1, 0.15) is 5.82 Å². The van der Waals surface area contributed by atoms with Crippen molar-refractivity contribution in [3.63, 3.8) is 0 Å². The van der Waals surface area contributed by atoms with E-state index in [0.717, 1.165) is 5.56 Å². The van der Waals surface area contributed by atoms with Crippen LogP contribution in [0.15, 0.2) is 59.1 Å². The summed E-state index contributed by atoms with van der Waals surface area (Å²) in [7, 11) is 0. The molecule has 2 heteroatoms. The van der Waals surface area contributed by atoms with E-state index in [-0.39, 0.29) is 22.6 Å². The Morgan fingerprint density at radius 3 is 1.62 bits per heavy atom. The minimum absolute atomic E-state index is 0.0353. The first-order valence-corrected chi connectivity index (χ1v) is 11.0. The van der Waals surface area contributed by atoms with E-state index < -0.39 is 0 Å². The standard InChI is InChI=1S/C27H28BrF/c1-26(2,3)16-10-12-18-21(14-16)22-15-17(27(4,5)6)11-13-19(22)24(18)20-8-7-9-23(29)25(20)28/h7-15,24H,1-6H3. The van der Waals surface area contributed by atoms with Crippen molar-refractivity contribution in [1.82, 2.24) is 0 Å². The first kappa shape index (κ1) is 20.3. The molecule has 150 valence electrons. The zero-order valence-corrected chi connectivity index (χ0v) is 19.6. The summed E-state index contributed by atoms with van der Waals surface area (Å²) < 4.78 is 14.9. The molecule has 0 unspecified atom stereocenters. The van der Waals surface area contributed by atoms with Crippen molar-refractivity contribution in [3.8, 4) is 11.1 Å². The molecule has 0 N–H and O–H groups in total. The van der Waals surface area contributed by atoms with Crippen LogP contribution in [-0.2, 0) is 10.8 Å². The maximum absolute atomic E-state index is 14.4. The minimum atomic E-state index is -0.213. The maximum atomic E-state index is 14.4. The van der Waals surface area contributed by atoms with Gasteiger partial charge in [0.25, 0.3) is 0 Å². The molecule has 0 spiro atoms. The second-order valence-corrected chi connectivity index (χ2v) is 11.0. The van der Waals surface area contributed by atoms with Crippen LogP contribution in [0.1, 0.15) is 75.3 Å². The molecule has 3 aromatic rings. The fourth-order valence-corrected chi connectivity index (χ4v) is 4.75. The lowest BCUT2D eigenvalue weighted by molar-refractivity contribution is 0.589. The van der Waals surface area contributed by atoms with Gasteiger partial charge in [0.2, 0.25) is 0 Å². The molecule has 0 saturated heterocycles. The molecule has 0 amide bonds. The van der Waals surface area contributed by atoms with E-state index in [1.165, 1.54) is 39.4 Å². The second kappa shape index (κ2) is 6.80. The van der Waals surface area contributed by atoms with E-state index in [1.54, 1.807) is 6.07 Å². The molecule has 1 aliphatic carbocycles. The molecule has 0 fully saturated rings. The largest absolute Gasteiger partial charge is 0.206 e. The SMILES string of the molecule is CC(C)(C)c1ccc2c(c1)-c1cc(C(C)(C)C)ccc1C2c1cccc(F)c1Br. The highest BCUT2D eigenvalue weighted by Gasteiger charge is 2.33. The van der Waals surface area contributed by atoms with Crippen molar-refractivity contribution in [2.75, 3.05) is 0 Å². The molecular weight excluding hydrogens is 423 g/mol. The van der Waals surface area contributed by atoms with Crippen molar-refractivity contribution in [2.45, 2.75) is 58.3 Å². The van der Waals surface area contributed by atoms with Gasteiger partial charge in [-0.25, -0.2) is 4.39 Å². The van der Waals surface area contributed by atoms with Crippen molar-refractivity contribution in [2.24, 2.45) is 0 Å². The lowest BCUT2D eigenvalue weighted by Crippen LogP contribution is -2.11. The molecule has 0 atom stereocenters. The fourth-order valence-electron chi connectivity index (χ4n) is 4.26. The second-order valence-electron chi connectivity index (χ2n) is 10.2. The van der Waals surface area contributed by atoms with Crippen LogP contribution in [0.4, 0.5) is 4.39 Å². The van der Waals surface area contributed by atoms with Crippen LogP contribution in [0, 0.1) is 5.82 Å². The van der Waals surface area contributed by atoms with Crippen molar-refractivity contribution in [1.29, 1.82) is 0 Å². The third-order valence-corrected chi connectivity index (χ3v) is 6.88. The third kappa shape index (κ3) is 3.46. The van der Waals surface area contributed by atoms with Gasteiger partial charge in [-0.05, 0) is 71.8 Å². The summed E-state index contributed by atoms with van der Waals surface area (Å²) in [6, 6.07) is 19.0. The molecule has 0 heterocycles. The van der Waals surface area contributed by atoms with E-state index in [1.807, 2.05) is 6.07 Å². The Bertz CT molecular complexity index is 1030. The summed E-state index contributed by atoms with van der Waals surface area (Å²) in [5.41, 5.74) is 8.85. The zero-order valence-electron chi connectivity index (χ0n) is 18.0. The number of benzene rings is 3. The Kier molecular flexibility index (Phi) is 4.77. The smallest absolute Gasteiger partial charge is 0.137 e. The number of hydrogen-bond acceptors (Lipinski definition) is 0. The number of fused-ring (bicyclic) bond motifs is 3. The summed E-state index contributed by atoms with van der Waals surface area (Å²) in [6.07, 6.45) is 0. The molecular formula is C27H28BrF. The molecule has 0 radical (unpaired) electrons. The molecule has 3 aromatic carbocycles. The summed E-state index contributed by atoms with van der Waals surface area (Å²) in [6.45, 7) is 13.5. The molecule has 4 rings (SSSR count). The molecule has 0 saturated carbocycles. The Morgan fingerprint density at radius 1 is 0.690 bits per heavy atom. The highest BCUT2D eigenvalue weighted by molar-refractivity contribution is 9.10. The highest BCUT2D eigenvalue weighted by atomic mass is 79.9. The normalized spacial score (nSPS) is 14.1. The van der Waals surface area contributed by atoms with Gasteiger partial charge in [-0.2, -0.15) is 0 Å². The lowest BCUT2D eigenvalue weighted by Gasteiger charge is -2.21. The van der Waals surface area contributed by atoms with E-state index >= 15 is 0 Å². The van der Waals surface area contributed by atoms with Gasteiger partial charge >= 0.3 is 0 Å². The van der Waals surface area contributed by atoms with Gasteiger partial charge in [-0.3, -0.25) is 0 Å². The Hall–Kier alpha value is -1.93.